The van der Waals surface area contributed by atoms with Crippen molar-refractivity contribution < 1.29 is 14.3 Å². The Labute approximate surface area is 110 Å². The monoisotopic (exact) mass is 263 g/mol. The van der Waals surface area contributed by atoms with Gasteiger partial charge in [-0.1, -0.05) is 42.5 Å². The first-order valence-electron chi connectivity index (χ1n) is 5.71. The van der Waals surface area contributed by atoms with Crippen LogP contribution in [0.2, 0.25) is 0 Å². The summed E-state index contributed by atoms with van der Waals surface area (Å²) in [5, 5.41) is 2.92. The van der Waals surface area contributed by atoms with Gasteiger partial charge < -0.3 is 10.1 Å². The number of thiocarbonyl (C=S) groups is 1. The maximum absolute atomic E-state index is 11.7. The van der Waals surface area contributed by atoms with Crippen molar-refractivity contribution in [1.29, 1.82) is 0 Å². The van der Waals surface area contributed by atoms with Crippen molar-refractivity contribution in [2.24, 2.45) is 5.92 Å². The summed E-state index contributed by atoms with van der Waals surface area (Å²) in [6.45, 7) is 0.452. The molecule has 0 amide bonds. The zero-order chi connectivity index (χ0) is 13.0. The molecule has 1 aromatic carbocycles. The summed E-state index contributed by atoms with van der Waals surface area (Å²) in [7, 11) is 0. The standard InChI is InChI=1S/C13H13NO3S/c15-11(9-4-2-1-3-5-9)8-17-13(16)10-6-7-14-12(10)18/h1-5,10H,6-8H2,(H,14,18). The van der Waals surface area contributed by atoms with Gasteiger partial charge in [0, 0.05) is 12.1 Å². The first-order chi connectivity index (χ1) is 8.68. The van der Waals surface area contributed by atoms with Crippen LogP contribution in [0.5, 0.6) is 0 Å². The Morgan fingerprint density at radius 1 is 1.33 bits per heavy atom. The minimum Gasteiger partial charge on any atom is -0.457 e. The number of carbonyl (C=O) groups excluding carboxylic acids is 2. The lowest BCUT2D eigenvalue weighted by atomic mass is 10.1. The second-order valence-electron chi connectivity index (χ2n) is 4.03. The molecule has 0 spiro atoms. The van der Waals surface area contributed by atoms with E-state index in [4.69, 9.17) is 17.0 Å². The molecule has 1 saturated heterocycles. The van der Waals surface area contributed by atoms with E-state index in [1.54, 1.807) is 24.3 Å². The molecule has 2 rings (SSSR count). The van der Waals surface area contributed by atoms with Gasteiger partial charge in [0.15, 0.2) is 12.4 Å². The lowest BCUT2D eigenvalue weighted by molar-refractivity contribution is -0.144. The number of esters is 1. The van der Waals surface area contributed by atoms with Crippen molar-refractivity contribution in [3.05, 3.63) is 35.9 Å². The van der Waals surface area contributed by atoms with E-state index in [1.807, 2.05) is 6.07 Å². The molecule has 0 radical (unpaired) electrons. The van der Waals surface area contributed by atoms with Crippen molar-refractivity contribution in [2.75, 3.05) is 13.2 Å². The van der Waals surface area contributed by atoms with Gasteiger partial charge in [-0.2, -0.15) is 0 Å². The number of nitrogens with one attached hydrogen (secondary N) is 1. The van der Waals surface area contributed by atoms with Crippen LogP contribution in [0.4, 0.5) is 0 Å². The van der Waals surface area contributed by atoms with Crippen LogP contribution in [-0.4, -0.2) is 29.9 Å². The average Bonchev–Trinajstić information content (AvgIpc) is 2.83. The van der Waals surface area contributed by atoms with Crippen LogP contribution in [0.25, 0.3) is 0 Å². The highest BCUT2D eigenvalue weighted by molar-refractivity contribution is 7.80. The molecule has 1 N–H and O–H groups in total. The van der Waals surface area contributed by atoms with E-state index in [9.17, 15) is 9.59 Å². The maximum Gasteiger partial charge on any atom is 0.316 e. The first kappa shape index (κ1) is 12.7. The van der Waals surface area contributed by atoms with Gasteiger partial charge >= 0.3 is 5.97 Å². The van der Waals surface area contributed by atoms with Gasteiger partial charge in [-0.05, 0) is 6.42 Å². The Morgan fingerprint density at radius 2 is 2.06 bits per heavy atom. The van der Waals surface area contributed by atoms with Crippen molar-refractivity contribution >= 4 is 29.0 Å². The molecule has 5 heteroatoms. The summed E-state index contributed by atoms with van der Waals surface area (Å²) in [5.41, 5.74) is 0.539. The van der Waals surface area contributed by atoms with E-state index in [0.717, 1.165) is 0 Å². The predicted molar refractivity (Wildman–Crippen MR) is 70.4 cm³/mol. The number of Topliss-reactive ketones (excluding diaryl/α,β-unsaturated/α-hetero) is 1. The lowest BCUT2D eigenvalue weighted by Gasteiger charge is -2.08. The third-order valence-electron chi connectivity index (χ3n) is 2.77. The molecule has 1 heterocycles. The molecule has 4 nitrogen and oxygen atoms in total. The molecule has 0 aliphatic carbocycles. The quantitative estimate of drug-likeness (QED) is 0.505. The number of carbonyl (C=O) groups is 2. The van der Waals surface area contributed by atoms with E-state index in [-0.39, 0.29) is 12.4 Å². The molecule has 1 atom stereocenters. The van der Waals surface area contributed by atoms with E-state index < -0.39 is 11.9 Å². The van der Waals surface area contributed by atoms with E-state index in [1.165, 1.54) is 0 Å². The van der Waals surface area contributed by atoms with Gasteiger partial charge in [0.1, 0.15) is 5.92 Å². The van der Waals surface area contributed by atoms with Crippen molar-refractivity contribution in [2.45, 2.75) is 6.42 Å². The number of hydrogen-bond acceptors (Lipinski definition) is 4. The Balaban J connectivity index is 1.86. The molecule has 1 fully saturated rings. The maximum atomic E-state index is 11.7. The van der Waals surface area contributed by atoms with Crippen molar-refractivity contribution in [1.82, 2.24) is 5.32 Å². The van der Waals surface area contributed by atoms with E-state index in [2.05, 4.69) is 5.32 Å². The molecule has 18 heavy (non-hydrogen) atoms. The summed E-state index contributed by atoms with van der Waals surface area (Å²) >= 11 is 4.99. The second kappa shape index (κ2) is 5.73. The Hall–Kier alpha value is -1.75. The summed E-state index contributed by atoms with van der Waals surface area (Å²) in [5.74, 6) is -1.03. The van der Waals surface area contributed by atoms with Crippen molar-refractivity contribution in [3.63, 3.8) is 0 Å². The number of benzene rings is 1. The van der Waals surface area contributed by atoms with Gasteiger partial charge in [0.05, 0.1) is 4.99 Å². The summed E-state index contributed by atoms with van der Waals surface area (Å²) in [6.07, 6.45) is 0.636. The molecule has 0 aromatic heterocycles. The Kier molecular flexibility index (Phi) is 4.04. The molecule has 1 aromatic rings. The zero-order valence-corrected chi connectivity index (χ0v) is 10.5. The van der Waals surface area contributed by atoms with Crippen LogP contribution < -0.4 is 5.32 Å². The van der Waals surface area contributed by atoms with Gasteiger partial charge in [-0.3, -0.25) is 9.59 Å². The molecule has 0 saturated carbocycles. The van der Waals surface area contributed by atoms with Gasteiger partial charge in [0.25, 0.3) is 0 Å². The van der Waals surface area contributed by atoms with Gasteiger partial charge in [-0.25, -0.2) is 0 Å². The lowest BCUT2D eigenvalue weighted by Crippen LogP contribution is -2.26. The fraction of sp³-hybridized carbons (Fsp3) is 0.308. The van der Waals surface area contributed by atoms with Crippen LogP contribution in [0.15, 0.2) is 30.3 Å². The fourth-order valence-electron chi connectivity index (χ4n) is 1.76. The highest BCUT2D eigenvalue weighted by Crippen LogP contribution is 2.13. The van der Waals surface area contributed by atoms with Crippen LogP contribution >= 0.6 is 12.2 Å². The summed E-state index contributed by atoms with van der Waals surface area (Å²) in [4.78, 5) is 23.9. The summed E-state index contributed by atoms with van der Waals surface area (Å²) < 4.78 is 5.00. The van der Waals surface area contributed by atoms with Crippen LogP contribution in [-0.2, 0) is 9.53 Å². The molecule has 0 bridgehead atoms. The molecule has 1 aliphatic heterocycles. The molecule has 1 aliphatic rings. The second-order valence-corrected chi connectivity index (χ2v) is 4.47. The third-order valence-corrected chi connectivity index (χ3v) is 3.20. The first-order valence-corrected chi connectivity index (χ1v) is 6.12. The molecular formula is C13H13NO3S. The highest BCUT2D eigenvalue weighted by atomic mass is 32.1. The predicted octanol–water partition coefficient (Wildman–Crippen LogP) is 1.35. The van der Waals surface area contributed by atoms with Gasteiger partial charge in [-0.15, -0.1) is 0 Å². The van der Waals surface area contributed by atoms with Crippen LogP contribution in [0.3, 0.4) is 0 Å². The SMILES string of the molecule is O=C(COC(=O)C1CCNC1=S)c1ccccc1. The van der Waals surface area contributed by atoms with E-state index in [0.29, 0.717) is 23.5 Å². The topological polar surface area (TPSA) is 55.4 Å². The normalized spacial score (nSPS) is 18.2. The Bertz CT molecular complexity index is 472. The molecule has 1 unspecified atom stereocenters. The largest absolute Gasteiger partial charge is 0.457 e. The molecule has 94 valence electrons. The summed E-state index contributed by atoms with van der Waals surface area (Å²) in [6, 6.07) is 8.75. The number of ether oxygens (including phenoxy) is 1. The number of rotatable bonds is 4. The Morgan fingerprint density at radius 3 is 2.67 bits per heavy atom. The fourth-order valence-corrected chi connectivity index (χ4v) is 2.08. The van der Waals surface area contributed by atoms with Gasteiger partial charge in [0.2, 0.25) is 0 Å². The van der Waals surface area contributed by atoms with Crippen LogP contribution in [0, 0.1) is 5.92 Å². The zero-order valence-electron chi connectivity index (χ0n) is 9.72. The minimum atomic E-state index is -0.422. The third kappa shape index (κ3) is 2.92. The highest BCUT2D eigenvalue weighted by Gasteiger charge is 2.29. The number of ketones is 1. The van der Waals surface area contributed by atoms with Crippen molar-refractivity contribution in [3.8, 4) is 0 Å². The minimum absolute atomic E-state index is 0.208. The average molecular weight is 263 g/mol. The molecular weight excluding hydrogens is 250 g/mol. The van der Waals surface area contributed by atoms with Crippen LogP contribution in [0.1, 0.15) is 16.8 Å². The van der Waals surface area contributed by atoms with E-state index >= 15 is 0 Å². The number of hydrogen-bond donors (Lipinski definition) is 1. The smallest absolute Gasteiger partial charge is 0.316 e.